The van der Waals surface area contributed by atoms with E-state index >= 15 is 0 Å². The van der Waals surface area contributed by atoms with Gasteiger partial charge in [0.2, 0.25) is 10.0 Å². The van der Waals surface area contributed by atoms with Gasteiger partial charge in [0.1, 0.15) is 15.5 Å². The minimum Gasteiger partial charge on any atom is -0.497 e. The molecule has 0 spiro atoms. The van der Waals surface area contributed by atoms with Crippen LogP contribution in [0.5, 0.6) is 5.75 Å². The van der Waals surface area contributed by atoms with E-state index in [4.69, 9.17) is 4.74 Å². The summed E-state index contributed by atoms with van der Waals surface area (Å²) in [5.41, 5.74) is 1.17. The first-order valence-corrected chi connectivity index (χ1v) is 11.8. The third-order valence-corrected chi connectivity index (χ3v) is 8.54. The highest BCUT2D eigenvalue weighted by molar-refractivity contribution is 7.89. The number of likely N-dealkylation sites (tertiary alicyclic amines) is 1. The molecular formula is C20H24N2O4S2. The number of methoxy groups -OCH3 is 1. The van der Waals surface area contributed by atoms with Crippen molar-refractivity contribution in [3.63, 3.8) is 0 Å². The van der Waals surface area contributed by atoms with Crippen molar-refractivity contribution in [3.05, 3.63) is 46.2 Å². The van der Waals surface area contributed by atoms with Crippen LogP contribution in [-0.2, 0) is 10.0 Å². The molecule has 28 heavy (non-hydrogen) atoms. The van der Waals surface area contributed by atoms with Crippen LogP contribution in [0.25, 0.3) is 0 Å². The minimum absolute atomic E-state index is 0.164. The van der Waals surface area contributed by atoms with Gasteiger partial charge in [0.15, 0.2) is 0 Å². The summed E-state index contributed by atoms with van der Waals surface area (Å²) in [7, 11) is -1.95. The van der Waals surface area contributed by atoms with E-state index in [9.17, 15) is 13.2 Å². The van der Waals surface area contributed by atoms with E-state index in [1.54, 1.807) is 23.5 Å². The van der Waals surface area contributed by atoms with E-state index in [1.807, 2.05) is 24.3 Å². The van der Waals surface area contributed by atoms with E-state index in [1.165, 1.54) is 21.2 Å². The average Bonchev–Trinajstić information content (AvgIpc) is 3.49. The van der Waals surface area contributed by atoms with Crippen molar-refractivity contribution in [2.24, 2.45) is 0 Å². The normalized spacial score (nSPS) is 20.6. The molecule has 1 unspecified atom stereocenters. The number of carbonyl (C=O) groups is 1. The Kier molecular flexibility index (Phi) is 5.44. The summed E-state index contributed by atoms with van der Waals surface area (Å²) >= 11 is 1.22. The molecule has 1 aromatic carbocycles. The Bertz CT molecular complexity index is 947. The van der Waals surface area contributed by atoms with Crippen LogP contribution in [0.1, 0.15) is 40.4 Å². The maximum atomic E-state index is 13.1. The van der Waals surface area contributed by atoms with Crippen molar-refractivity contribution in [1.29, 1.82) is 0 Å². The van der Waals surface area contributed by atoms with Gasteiger partial charge >= 0.3 is 0 Å². The zero-order chi connectivity index (χ0) is 19.7. The molecule has 2 aromatic rings. The SMILES string of the molecule is COc1ccc(C2CCN(C(=O)c3sccc3S(=O)(=O)N3CCCC3)C2)cc1. The molecule has 6 nitrogen and oxygen atoms in total. The third kappa shape index (κ3) is 3.56. The van der Waals surface area contributed by atoms with Crippen molar-refractivity contribution < 1.29 is 17.9 Å². The van der Waals surface area contributed by atoms with E-state index in [0.717, 1.165) is 25.0 Å². The fourth-order valence-corrected chi connectivity index (χ4v) is 6.84. The number of hydrogen-bond acceptors (Lipinski definition) is 5. The van der Waals surface area contributed by atoms with Gasteiger partial charge in [-0.05, 0) is 48.4 Å². The summed E-state index contributed by atoms with van der Waals surface area (Å²) < 4.78 is 32.6. The smallest absolute Gasteiger partial charge is 0.265 e. The van der Waals surface area contributed by atoms with Crippen LogP contribution in [0.15, 0.2) is 40.6 Å². The standard InChI is InChI=1S/C20H24N2O4S2/c1-26-17-6-4-15(5-7-17)16-8-12-21(14-16)20(23)19-18(9-13-27-19)28(24,25)22-10-2-3-11-22/h4-7,9,13,16H,2-3,8,10-12,14H2,1H3. The molecule has 1 atom stereocenters. The van der Waals surface area contributed by atoms with Gasteiger partial charge in [-0.1, -0.05) is 12.1 Å². The van der Waals surface area contributed by atoms with Gasteiger partial charge in [-0.15, -0.1) is 11.3 Å². The molecule has 1 amide bonds. The number of thiophene rings is 1. The number of nitrogens with zero attached hydrogens (tertiary/aromatic N) is 2. The molecule has 0 saturated carbocycles. The molecule has 2 aliphatic rings. The van der Waals surface area contributed by atoms with E-state index in [0.29, 0.717) is 31.1 Å². The lowest BCUT2D eigenvalue weighted by Crippen LogP contribution is -2.32. The fraction of sp³-hybridized carbons (Fsp3) is 0.450. The summed E-state index contributed by atoms with van der Waals surface area (Å²) in [5, 5.41) is 1.70. The lowest BCUT2D eigenvalue weighted by atomic mass is 9.98. The second kappa shape index (κ2) is 7.85. The summed E-state index contributed by atoms with van der Waals surface area (Å²) in [4.78, 5) is 15.4. The second-order valence-electron chi connectivity index (χ2n) is 7.24. The number of carbonyl (C=O) groups excluding carboxylic acids is 1. The summed E-state index contributed by atoms with van der Waals surface area (Å²) in [6.45, 7) is 2.31. The van der Waals surface area contributed by atoms with Crippen molar-refractivity contribution in [1.82, 2.24) is 9.21 Å². The van der Waals surface area contributed by atoms with Crippen molar-refractivity contribution >= 4 is 27.3 Å². The zero-order valence-electron chi connectivity index (χ0n) is 15.8. The van der Waals surface area contributed by atoms with Crippen LogP contribution in [0, 0.1) is 0 Å². The van der Waals surface area contributed by atoms with Gasteiger partial charge in [0, 0.05) is 32.1 Å². The minimum atomic E-state index is -3.59. The highest BCUT2D eigenvalue weighted by atomic mass is 32.2. The van der Waals surface area contributed by atoms with Crippen LogP contribution < -0.4 is 4.74 Å². The van der Waals surface area contributed by atoms with Crippen LogP contribution in [-0.4, -0.2) is 56.8 Å². The van der Waals surface area contributed by atoms with E-state index < -0.39 is 10.0 Å². The van der Waals surface area contributed by atoms with E-state index in [2.05, 4.69) is 0 Å². The highest BCUT2D eigenvalue weighted by Crippen LogP contribution is 2.33. The van der Waals surface area contributed by atoms with Gasteiger partial charge in [-0.2, -0.15) is 4.31 Å². The lowest BCUT2D eigenvalue weighted by Gasteiger charge is -2.19. The number of rotatable bonds is 5. The van der Waals surface area contributed by atoms with Crippen LogP contribution in [0.2, 0.25) is 0 Å². The molecule has 0 N–H and O–H groups in total. The molecule has 8 heteroatoms. The molecule has 4 rings (SSSR count). The van der Waals surface area contributed by atoms with Gasteiger partial charge < -0.3 is 9.64 Å². The zero-order valence-corrected chi connectivity index (χ0v) is 17.5. The maximum Gasteiger partial charge on any atom is 0.265 e. The first kappa shape index (κ1) is 19.4. The largest absolute Gasteiger partial charge is 0.497 e. The molecule has 3 heterocycles. The topological polar surface area (TPSA) is 66.9 Å². The van der Waals surface area contributed by atoms with Crippen LogP contribution >= 0.6 is 11.3 Å². The predicted octanol–water partition coefficient (Wildman–Crippen LogP) is 3.17. The third-order valence-electron chi connectivity index (χ3n) is 5.57. The van der Waals surface area contributed by atoms with Gasteiger partial charge in [-0.3, -0.25) is 4.79 Å². The Labute approximate surface area is 169 Å². The number of benzene rings is 1. The molecule has 150 valence electrons. The maximum absolute atomic E-state index is 13.1. The molecule has 0 aliphatic carbocycles. The number of ether oxygens (including phenoxy) is 1. The Morgan fingerprint density at radius 1 is 1.11 bits per heavy atom. The average molecular weight is 421 g/mol. The van der Waals surface area contributed by atoms with Gasteiger partial charge in [0.25, 0.3) is 5.91 Å². The van der Waals surface area contributed by atoms with Crippen molar-refractivity contribution in [2.75, 3.05) is 33.3 Å². The quantitative estimate of drug-likeness (QED) is 0.745. The van der Waals surface area contributed by atoms with Crippen molar-refractivity contribution in [2.45, 2.75) is 30.1 Å². The van der Waals surface area contributed by atoms with E-state index in [-0.39, 0.29) is 16.7 Å². The van der Waals surface area contributed by atoms with Crippen LogP contribution in [0.3, 0.4) is 0 Å². The van der Waals surface area contributed by atoms with Crippen LogP contribution in [0.4, 0.5) is 0 Å². The summed E-state index contributed by atoms with van der Waals surface area (Å²) in [6, 6.07) is 9.50. The van der Waals surface area contributed by atoms with Gasteiger partial charge in [-0.25, -0.2) is 8.42 Å². The summed E-state index contributed by atoms with van der Waals surface area (Å²) in [5.74, 6) is 0.891. The Morgan fingerprint density at radius 2 is 1.82 bits per heavy atom. The molecule has 2 aliphatic heterocycles. The summed E-state index contributed by atoms with van der Waals surface area (Å²) in [6.07, 6.45) is 2.63. The lowest BCUT2D eigenvalue weighted by molar-refractivity contribution is 0.0792. The molecular weight excluding hydrogens is 396 g/mol. The molecule has 2 saturated heterocycles. The molecule has 2 fully saturated rings. The highest BCUT2D eigenvalue weighted by Gasteiger charge is 2.35. The Hall–Kier alpha value is -1.90. The molecule has 0 bridgehead atoms. The fourth-order valence-electron chi connectivity index (χ4n) is 3.96. The number of amides is 1. The Balaban J connectivity index is 1.51. The molecule has 1 aromatic heterocycles. The monoisotopic (exact) mass is 420 g/mol. The second-order valence-corrected chi connectivity index (χ2v) is 10.1. The number of hydrogen-bond donors (Lipinski definition) is 0. The van der Waals surface area contributed by atoms with Gasteiger partial charge in [0.05, 0.1) is 7.11 Å². The predicted molar refractivity (Wildman–Crippen MR) is 109 cm³/mol. The number of sulfonamides is 1. The van der Waals surface area contributed by atoms with Crippen molar-refractivity contribution in [3.8, 4) is 5.75 Å². The Morgan fingerprint density at radius 3 is 2.50 bits per heavy atom. The first-order valence-electron chi connectivity index (χ1n) is 9.51. The molecule has 0 radical (unpaired) electrons. The first-order chi connectivity index (χ1) is 13.5.